The predicted molar refractivity (Wildman–Crippen MR) is 66.3 cm³/mol. The summed E-state index contributed by atoms with van der Waals surface area (Å²) in [5.74, 6) is 2.15. The molecule has 2 N–H and O–H groups in total. The monoisotopic (exact) mass is 234 g/mol. The Morgan fingerprint density at radius 3 is 2.24 bits per heavy atom. The Morgan fingerprint density at radius 1 is 1.18 bits per heavy atom. The molecule has 0 aliphatic rings. The smallest absolute Gasteiger partial charge is 0.163 e. The lowest BCUT2D eigenvalue weighted by Gasteiger charge is -2.11. The Bertz CT molecular complexity index is 543. The first-order valence-electron chi connectivity index (χ1n) is 5.50. The summed E-state index contributed by atoms with van der Waals surface area (Å²) in [6, 6.07) is 0. The highest BCUT2D eigenvalue weighted by Gasteiger charge is 2.22. The van der Waals surface area contributed by atoms with Crippen molar-refractivity contribution >= 4 is 5.82 Å². The molecule has 0 unspecified atom stereocenters. The molecule has 2 aromatic heterocycles. The largest absolute Gasteiger partial charge is 0.383 e. The van der Waals surface area contributed by atoms with Gasteiger partial charge in [0.05, 0.1) is 11.8 Å². The van der Waals surface area contributed by atoms with Gasteiger partial charge in [0.2, 0.25) is 0 Å². The van der Waals surface area contributed by atoms with Crippen molar-refractivity contribution in [1.82, 2.24) is 24.5 Å². The molecule has 2 rings (SSSR count). The van der Waals surface area contributed by atoms with Crippen LogP contribution < -0.4 is 5.73 Å². The first kappa shape index (κ1) is 11.6. The highest BCUT2D eigenvalue weighted by atomic mass is 15.3. The van der Waals surface area contributed by atoms with E-state index >= 15 is 0 Å². The first-order valence-corrected chi connectivity index (χ1v) is 5.50. The molecule has 2 aromatic rings. The lowest BCUT2D eigenvalue weighted by atomic mass is 9.96. The molecule has 0 aliphatic carbocycles. The van der Waals surface area contributed by atoms with E-state index in [-0.39, 0.29) is 5.41 Å². The Hall–Kier alpha value is -1.85. The molecule has 0 fully saturated rings. The number of nitrogen functional groups attached to an aromatic ring is 1. The Morgan fingerprint density at radius 2 is 1.82 bits per heavy atom. The van der Waals surface area contributed by atoms with Crippen LogP contribution in [0, 0.1) is 0 Å². The zero-order valence-electron chi connectivity index (χ0n) is 10.9. The number of aromatic nitrogens is 5. The van der Waals surface area contributed by atoms with Crippen molar-refractivity contribution in [2.24, 2.45) is 14.1 Å². The van der Waals surface area contributed by atoms with Crippen molar-refractivity contribution in [3.05, 3.63) is 12.0 Å². The van der Waals surface area contributed by atoms with Gasteiger partial charge in [-0.2, -0.15) is 10.2 Å². The third kappa shape index (κ3) is 1.90. The molecule has 0 saturated carbocycles. The molecule has 6 heteroatoms. The number of rotatable bonds is 1. The van der Waals surface area contributed by atoms with Gasteiger partial charge in [0.15, 0.2) is 11.6 Å². The minimum Gasteiger partial charge on any atom is -0.383 e. The second-order valence-electron chi connectivity index (χ2n) is 5.20. The molecule has 0 saturated heterocycles. The van der Waals surface area contributed by atoms with Gasteiger partial charge < -0.3 is 5.73 Å². The molecule has 0 aromatic carbocycles. The maximum Gasteiger partial charge on any atom is 0.163 e. The second-order valence-corrected chi connectivity index (χ2v) is 5.20. The summed E-state index contributed by atoms with van der Waals surface area (Å²) in [7, 11) is 3.67. The van der Waals surface area contributed by atoms with Crippen molar-refractivity contribution in [1.29, 1.82) is 0 Å². The Kier molecular flexibility index (Phi) is 2.45. The molecular formula is C11H18N6. The van der Waals surface area contributed by atoms with Gasteiger partial charge in [0.25, 0.3) is 0 Å². The van der Waals surface area contributed by atoms with Crippen molar-refractivity contribution in [2.75, 3.05) is 5.73 Å². The van der Waals surface area contributed by atoms with E-state index in [0.717, 1.165) is 17.2 Å². The number of anilines is 1. The number of hydrogen-bond donors (Lipinski definition) is 1. The summed E-state index contributed by atoms with van der Waals surface area (Å²) in [4.78, 5) is 4.54. The molecular weight excluding hydrogens is 216 g/mol. The number of nitrogens with zero attached hydrogens (tertiary/aromatic N) is 5. The van der Waals surface area contributed by atoms with E-state index in [0.29, 0.717) is 5.82 Å². The van der Waals surface area contributed by atoms with E-state index in [9.17, 15) is 0 Å². The van der Waals surface area contributed by atoms with Crippen LogP contribution in [0.3, 0.4) is 0 Å². The van der Waals surface area contributed by atoms with Gasteiger partial charge in [-0.25, -0.2) is 9.67 Å². The molecule has 6 nitrogen and oxygen atoms in total. The molecule has 92 valence electrons. The minimum absolute atomic E-state index is 0.0764. The molecule has 0 radical (unpaired) electrons. The van der Waals surface area contributed by atoms with Gasteiger partial charge in [-0.3, -0.25) is 4.68 Å². The van der Waals surface area contributed by atoms with Crippen LogP contribution in [0.1, 0.15) is 26.6 Å². The number of hydrogen-bond acceptors (Lipinski definition) is 4. The quantitative estimate of drug-likeness (QED) is 0.801. The van der Waals surface area contributed by atoms with E-state index < -0.39 is 0 Å². The summed E-state index contributed by atoms with van der Waals surface area (Å²) in [5.41, 5.74) is 6.68. The normalized spacial score (nSPS) is 12.1. The fourth-order valence-electron chi connectivity index (χ4n) is 1.56. The van der Waals surface area contributed by atoms with Crippen molar-refractivity contribution in [3.63, 3.8) is 0 Å². The van der Waals surface area contributed by atoms with Gasteiger partial charge in [-0.15, -0.1) is 0 Å². The molecule has 0 aliphatic heterocycles. The average molecular weight is 234 g/mol. The zero-order chi connectivity index (χ0) is 12.8. The van der Waals surface area contributed by atoms with Crippen LogP contribution in [-0.2, 0) is 19.5 Å². The number of nitrogens with two attached hydrogens (primary N) is 1. The molecule has 0 bridgehead atoms. The third-order valence-electron chi connectivity index (χ3n) is 2.66. The van der Waals surface area contributed by atoms with E-state index in [1.54, 1.807) is 22.6 Å². The van der Waals surface area contributed by atoms with Crippen molar-refractivity contribution in [2.45, 2.75) is 26.2 Å². The topological polar surface area (TPSA) is 74.5 Å². The fraction of sp³-hybridized carbons (Fsp3) is 0.545. The van der Waals surface area contributed by atoms with Crippen LogP contribution in [0.25, 0.3) is 11.4 Å². The predicted octanol–water partition coefficient (Wildman–Crippen LogP) is 1.10. The summed E-state index contributed by atoms with van der Waals surface area (Å²) in [6.07, 6.45) is 1.71. The molecule has 2 heterocycles. The van der Waals surface area contributed by atoms with Crippen LogP contribution in [0.5, 0.6) is 0 Å². The van der Waals surface area contributed by atoms with Gasteiger partial charge in [0, 0.05) is 19.5 Å². The summed E-state index contributed by atoms with van der Waals surface area (Å²) >= 11 is 0. The standard InChI is InChI=1S/C11H18N6/c1-11(2,3)10-14-9(17(5)15-10)7-6-13-16(4)8(7)12/h6H,12H2,1-5H3. The van der Waals surface area contributed by atoms with Gasteiger partial charge in [-0.05, 0) is 0 Å². The summed E-state index contributed by atoms with van der Waals surface area (Å²) in [5, 5.41) is 8.54. The van der Waals surface area contributed by atoms with Crippen LogP contribution in [0.4, 0.5) is 5.82 Å². The van der Waals surface area contributed by atoms with Crippen LogP contribution in [-0.4, -0.2) is 24.5 Å². The second kappa shape index (κ2) is 3.58. The van der Waals surface area contributed by atoms with Crippen molar-refractivity contribution < 1.29 is 0 Å². The van der Waals surface area contributed by atoms with Crippen LogP contribution in [0.15, 0.2) is 6.20 Å². The van der Waals surface area contributed by atoms with E-state index in [1.807, 2.05) is 7.05 Å². The Labute approximate surface area is 100 Å². The molecule has 0 atom stereocenters. The number of aryl methyl sites for hydroxylation is 2. The third-order valence-corrected chi connectivity index (χ3v) is 2.66. The lowest BCUT2D eigenvalue weighted by Crippen LogP contribution is -2.13. The van der Waals surface area contributed by atoms with Crippen molar-refractivity contribution in [3.8, 4) is 11.4 Å². The van der Waals surface area contributed by atoms with Gasteiger partial charge in [-0.1, -0.05) is 20.8 Å². The lowest BCUT2D eigenvalue weighted by molar-refractivity contribution is 0.538. The van der Waals surface area contributed by atoms with Crippen LogP contribution in [0.2, 0.25) is 0 Å². The Balaban J connectivity index is 2.54. The zero-order valence-corrected chi connectivity index (χ0v) is 10.9. The van der Waals surface area contributed by atoms with Crippen LogP contribution >= 0.6 is 0 Å². The molecule has 17 heavy (non-hydrogen) atoms. The van der Waals surface area contributed by atoms with E-state index in [2.05, 4.69) is 36.0 Å². The summed E-state index contributed by atoms with van der Waals surface area (Å²) in [6.45, 7) is 6.25. The average Bonchev–Trinajstić information content (AvgIpc) is 2.72. The maximum atomic E-state index is 5.94. The molecule has 0 spiro atoms. The minimum atomic E-state index is -0.0764. The maximum absolute atomic E-state index is 5.94. The highest BCUT2D eigenvalue weighted by molar-refractivity contribution is 5.67. The fourth-order valence-corrected chi connectivity index (χ4v) is 1.56. The van der Waals surface area contributed by atoms with E-state index in [4.69, 9.17) is 5.73 Å². The van der Waals surface area contributed by atoms with Gasteiger partial charge in [0.1, 0.15) is 5.82 Å². The highest BCUT2D eigenvalue weighted by Crippen LogP contribution is 2.26. The SMILES string of the molecule is Cn1nc(C(C)(C)C)nc1-c1cnn(C)c1N. The van der Waals surface area contributed by atoms with E-state index in [1.165, 1.54) is 0 Å². The first-order chi connectivity index (χ1) is 7.80. The summed E-state index contributed by atoms with van der Waals surface area (Å²) < 4.78 is 3.37. The molecule has 0 amide bonds. The van der Waals surface area contributed by atoms with Gasteiger partial charge >= 0.3 is 0 Å².